The van der Waals surface area contributed by atoms with Crippen LogP contribution in [0.3, 0.4) is 0 Å². The molecule has 0 saturated carbocycles. The third kappa shape index (κ3) is 4.95. The van der Waals surface area contributed by atoms with E-state index < -0.39 is 10.0 Å². The molecule has 2 aromatic rings. The molecule has 1 aromatic carbocycles. The highest BCUT2D eigenvalue weighted by Crippen LogP contribution is 2.20. The number of hydrogen-bond acceptors (Lipinski definition) is 5. The molecular formula is C20H25N3O4S. The lowest BCUT2D eigenvalue weighted by Crippen LogP contribution is -2.36. The van der Waals surface area contributed by atoms with Gasteiger partial charge >= 0.3 is 0 Å². The van der Waals surface area contributed by atoms with Crippen molar-refractivity contribution in [2.24, 2.45) is 0 Å². The molecule has 0 bridgehead atoms. The summed E-state index contributed by atoms with van der Waals surface area (Å²) in [5, 5.41) is 2.82. The largest absolute Gasteiger partial charge is 0.377 e. The lowest BCUT2D eigenvalue weighted by atomic mass is 10.2. The smallest absolute Gasteiger partial charge is 0.251 e. The number of benzene rings is 1. The Morgan fingerprint density at radius 1 is 1.32 bits per heavy atom. The number of amides is 1. The molecule has 0 aliphatic carbocycles. The number of carbonyl (C=O) groups is 1. The second-order valence-electron chi connectivity index (χ2n) is 6.91. The van der Waals surface area contributed by atoms with E-state index in [1.54, 1.807) is 18.3 Å². The monoisotopic (exact) mass is 403 g/mol. The number of nitrogens with zero attached hydrogens (tertiary/aromatic N) is 2. The normalized spacial score (nSPS) is 18.4. The number of hydrogen-bond donors (Lipinski definition) is 1. The fourth-order valence-electron chi connectivity index (χ4n) is 3.12. The van der Waals surface area contributed by atoms with Crippen LogP contribution in [0, 0.1) is 6.92 Å². The summed E-state index contributed by atoms with van der Waals surface area (Å²) in [5.74, 6) is -0.320. The van der Waals surface area contributed by atoms with Crippen LogP contribution in [0.25, 0.3) is 0 Å². The van der Waals surface area contributed by atoms with Gasteiger partial charge < -0.3 is 10.1 Å². The molecule has 1 amide bonds. The van der Waals surface area contributed by atoms with Crippen molar-refractivity contribution < 1.29 is 17.9 Å². The van der Waals surface area contributed by atoms with Gasteiger partial charge in [-0.05, 0) is 56.2 Å². The molecule has 8 heteroatoms. The quantitative estimate of drug-likeness (QED) is 0.826. The van der Waals surface area contributed by atoms with Gasteiger partial charge in [0.25, 0.3) is 5.91 Å². The van der Waals surface area contributed by atoms with Crippen molar-refractivity contribution >= 4 is 15.9 Å². The molecule has 1 saturated heterocycles. The first-order valence-electron chi connectivity index (χ1n) is 9.28. The van der Waals surface area contributed by atoms with Crippen LogP contribution in [0.15, 0.2) is 47.5 Å². The molecule has 2 heterocycles. The lowest BCUT2D eigenvalue weighted by molar-refractivity contribution is 0.0752. The first-order valence-corrected chi connectivity index (χ1v) is 10.7. The highest BCUT2D eigenvalue weighted by molar-refractivity contribution is 7.89. The second kappa shape index (κ2) is 8.81. The summed E-state index contributed by atoms with van der Waals surface area (Å²) in [7, 11) is -3.68. The fraction of sp³-hybridized carbons (Fsp3) is 0.400. The Labute approximate surface area is 165 Å². The maximum Gasteiger partial charge on any atom is 0.251 e. The van der Waals surface area contributed by atoms with Crippen LogP contribution in [0.1, 0.15) is 35.0 Å². The van der Waals surface area contributed by atoms with Crippen molar-refractivity contribution in [2.45, 2.75) is 37.8 Å². The molecule has 0 unspecified atom stereocenters. The Kier molecular flexibility index (Phi) is 6.43. The summed E-state index contributed by atoms with van der Waals surface area (Å²) < 4.78 is 33.0. The zero-order chi connectivity index (χ0) is 20.1. The predicted molar refractivity (Wildman–Crippen MR) is 105 cm³/mol. The minimum Gasteiger partial charge on any atom is -0.377 e. The van der Waals surface area contributed by atoms with Gasteiger partial charge in [0.1, 0.15) is 0 Å². The molecule has 0 radical (unpaired) electrons. The first-order chi connectivity index (χ1) is 13.4. The van der Waals surface area contributed by atoms with E-state index in [1.165, 1.54) is 16.4 Å². The van der Waals surface area contributed by atoms with E-state index in [9.17, 15) is 13.2 Å². The number of nitrogens with one attached hydrogen (secondary N) is 1. The summed E-state index contributed by atoms with van der Waals surface area (Å²) in [6, 6.07) is 9.88. The van der Waals surface area contributed by atoms with Gasteiger partial charge in [-0.2, -0.15) is 4.31 Å². The van der Waals surface area contributed by atoms with E-state index in [0.717, 1.165) is 11.3 Å². The number of aromatic nitrogens is 1. The van der Waals surface area contributed by atoms with Crippen molar-refractivity contribution in [1.82, 2.24) is 14.6 Å². The standard InChI is InChI=1S/C20H25N3O4S/c1-15-11-17(7-8-21-15)13-22-20(24)18-5-3-6-19(12-18)28(25,26)23-9-4-10-27-16(2)14-23/h3,5-8,11-12,16H,4,9-10,13-14H2,1-2H3,(H,22,24)/t16-/m0/s1. The highest BCUT2D eigenvalue weighted by atomic mass is 32.2. The van der Waals surface area contributed by atoms with Gasteiger partial charge in [0.05, 0.1) is 11.0 Å². The third-order valence-electron chi connectivity index (χ3n) is 4.56. The summed E-state index contributed by atoms with van der Waals surface area (Å²) in [4.78, 5) is 16.8. The van der Waals surface area contributed by atoms with Gasteiger partial charge in [-0.1, -0.05) is 6.07 Å². The Bertz CT molecular complexity index is 946. The molecule has 0 spiro atoms. The number of aryl methyl sites for hydroxylation is 1. The number of ether oxygens (including phenoxy) is 1. The lowest BCUT2D eigenvalue weighted by Gasteiger charge is -2.22. The fourth-order valence-corrected chi connectivity index (χ4v) is 4.72. The molecule has 1 fully saturated rings. The topological polar surface area (TPSA) is 88.6 Å². The SMILES string of the molecule is Cc1cc(CNC(=O)c2cccc(S(=O)(=O)N3CCCO[C@@H](C)C3)c2)ccn1. The molecule has 7 nitrogen and oxygen atoms in total. The predicted octanol–water partition coefficient (Wildman–Crippen LogP) is 2.12. The van der Waals surface area contributed by atoms with Crippen LogP contribution >= 0.6 is 0 Å². The molecule has 1 aromatic heterocycles. The minimum absolute atomic E-state index is 0.119. The number of rotatable bonds is 5. The van der Waals surface area contributed by atoms with E-state index in [0.29, 0.717) is 38.2 Å². The van der Waals surface area contributed by atoms with Gasteiger partial charge in [0.2, 0.25) is 10.0 Å². The Morgan fingerprint density at radius 3 is 2.93 bits per heavy atom. The van der Waals surface area contributed by atoms with Crippen molar-refractivity contribution in [3.63, 3.8) is 0 Å². The molecule has 1 atom stereocenters. The van der Waals surface area contributed by atoms with Crippen molar-refractivity contribution in [3.05, 3.63) is 59.4 Å². The third-order valence-corrected chi connectivity index (χ3v) is 6.42. The summed E-state index contributed by atoms with van der Waals surface area (Å²) >= 11 is 0. The highest BCUT2D eigenvalue weighted by Gasteiger charge is 2.28. The second-order valence-corrected chi connectivity index (χ2v) is 8.85. The van der Waals surface area contributed by atoms with Gasteiger partial charge in [0.15, 0.2) is 0 Å². The average Bonchev–Trinajstić information content (AvgIpc) is 2.91. The molecule has 1 aliphatic heterocycles. The maximum absolute atomic E-state index is 13.0. The van der Waals surface area contributed by atoms with Crippen molar-refractivity contribution in [1.29, 1.82) is 0 Å². The molecule has 1 N–H and O–H groups in total. The van der Waals surface area contributed by atoms with Gasteiger partial charge in [-0.25, -0.2) is 8.42 Å². The average molecular weight is 404 g/mol. The van der Waals surface area contributed by atoms with Gasteiger partial charge in [0, 0.05) is 43.7 Å². The first kappa shape index (κ1) is 20.4. The Morgan fingerprint density at radius 2 is 2.14 bits per heavy atom. The molecular weight excluding hydrogens is 378 g/mol. The number of carbonyl (C=O) groups excluding carboxylic acids is 1. The molecule has 1 aliphatic rings. The van der Waals surface area contributed by atoms with Crippen LogP contribution in [-0.4, -0.2) is 49.4 Å². The summed E-state index contributed by atoms with van der Waals surface area (Å²) in [6.45, 7) is 5.35. The number of sulfonamides is 1. The minimum atomic E-state index is -3.68. The van der Waals surface area contributed by atoms with Crippen LogP contribution < -0.4 is 5.32 Å². The van der Waals surface area contributed by atoms with Crippen molar-refractivity contribution in [2.75, 3.05) is 19.7 Å². The molecule has 28 heavy (non-hydrogen) atoms. The van der Waals surface area contributed by atoms with Crippen molar-refractivity contribution in [3.8, 4) is 0 Å². The van der Waals surface area contributed by atoms with E-state index in [2.05, 4.69) is 10.3 Å². The number of pyridine rings is 1. The van der Waals surface area contributed by atoms with Crippen LogP contribution in [0.5, 0.6) is 0 Å². The summed E-state index contributed by atoms with van der Waals surface area (Å²) in [5.41, 5.74) is 2.12. The maximum atomic E-state index is 13.0. The zero-order valence-electron chi connectivity index (χ0n) is 16.1. The van der Waals surface area contributed by atoms with Gasteiger partial charge in [-0.15, -0.1) is 0 Å². The van der Waals surface area contributed by atoms with Gasteiger partial charge in [-0.3, -0.25) is 9.78 Å². The zero-order valence-corrected chi connectivity index (χ0v) is 16.9. The van der Waals surface area contributed by atoms with E-state index in [4.69, 9.17) is 4.74 Å². The van der Waals surface area contributed by atoms with E-state index >= 15 is 0 Å². The molecule has 150 valence electrons. The Balaban J connectivity index is 1.74. The van der Waals surface area contributed by atoms with Crippen LogP contribution in [0.4, 0.5) is 0 Å². The van der Waals surface area contributed by atoms with Crippen LogP contribution in [-0.2, 0) is 21.3 Å². The molecule has 3 rings (SSSR count). The Hall–Kier alpha value is -2.29. The van der Waals surface area contributed by atoms with E-state index in [-0.39, 0.29) is 16.9 Å². The summed E-state index contributed by atoms with van der Waals surface area (Å²) in [6.07, 6.45) is 2.18. The van der Waals surface area contributed by atoms with E-state index in [1.807, 2.05) is 26.0 Å². The van der Waals surface area contributed by atoms with Crippen LogP contribution in [0.2, 0.25) is 0 Å².